The third-order valence-electron chi connectivity index (χ3n) is 3.53. The van der Waals surface area contributed by atoms with Gasteiger partial charge < -0.3 is 9.52 Å². The van der Waals surface area contributed by atoms with E-state index in [1.807, 2.05) is 11.8 Å². The van der Waals surface area contributed by atoms with E-state index in [9.17, 15) is 4.79 Å². The molecule has 0 saturated carbocycles. The lowest BCUT2D eigenvalue weighted by atomic mass is 10.2. The maximum atomic E-state index is 10.9. The fraction of sp³-hybridized carbons (Fsp3) is 0.667. The minimum absolute atomic E-state index is 0.402. The lowest BCUT2D eigenvalue weighted by Gasteiger charge is -2.36. The first-order valence-corrected chi connectivity index (χ1v) is 6.16. The average molecular weight is 253 g/mol. The van der Waals surface area contributed by atoms with Gasteiger partial charge in [-0.1, -0.05) is 0 Å². The molecule has 0 radical (unpaired) electrons. The van der Waals surface area contributed by atoms with Crippen LogP contribution in [0.25, 0.3) is 0 Å². The Hall–Kier alpha value is -1.40. The molecular weight excluding hydrogens is 234 g/mol. The third-order valence-corrected chi connectivity index (χ3v) is 3.53. The molecule has 0 aliphatic carbocycles. The van der Waals surface area contributed by atoms with E-state index >= 15 is 0 Å². The maximum absolute atomic E-state index is 10.9. The molecule has 6 heteroatoms. The molecule has 1 aliphatic heterocycles. The first kappa shape index (κ1) is 13.0. The van der Waals surface area contributed by atoms with Crippen LogP contribution in [-0.2, 0) is 11.3 Å². The van der Waals surface area contributed by atoms with E-state index in [2.05, 4.69) is 9.88 Å². The highest BCUT2D eigenvalue weighted by Crippen LogP contribution is 2.12. The Morgan fingerprint density at radius 3 is 2.67 bits per heavy atom. The van der Waals surface area contributed by atoms with Gasteiger partial charge in [-0.15, -0.1) is 0 Å². The number of carboxylic acids is 1. The van der Waals surface area contributed by atoms with E-state index in [0.717, 1.165) is 44.2 Å². The zero-order valence-corrected chi connectivity index (χ0v) is 10.8. The largest absolute Gasteiger partial charge is 0.480 e. The van der Waals surface area contributed by atoms with Crippen LogP contribution in [0.1, 0.15) is 18.4 Å². The van der Waals surface area contributed by atoms with Gasteiger partial charge in [0.15, 0.2) is 6.39 Å². The molecule has 6 nitrogen and oxygen atoms in total. The molecule has 1 N–H and O–H groups in total. The predicted octanol–water partition coefficient (Wildman–Crippen LogP) is 0.574. The van der Waals surface area contributed by atoms with Crippen molar-refractivity contribution in [3.8, 4) is 0 Å². The Kier molecular flexibility index (Phi) is 3.98. The molecule has 1 atom stereocenters. The highest BCUT2D eigenvalue weighted by atomic mass is 16.4. The van der Waals surface area contributed by atoms with Crippen LogP contribution in [0.15, 0.2) is 10.8 Å². The Bertz CT molecular complexity index is 410. The van der Waals surface area contributed by atoms with Crippen LogP contribution in [0.3, 0.4) is 0 Å². The maximum Gasteiger partial charge on any atom is 0.320 e. The van der Waals surface area contributed by atoms with Gasteiger partial charge in [-0.2, -0.15) is 0 Å². The number of hydrogen-bond acceptors (Lipinski definition) is 5. The zero-order valence-electron chi connectivity index (χ0n) is 10.8. The van der Waals surface area contributed by atoms with Gasteiger partial charge in [0.2, 0.25) is 0 Å². The third kappa shape index (κ3) is 2.88. The number of aromatic nitrogens is 1. The molecule has 1 aromatic rings. The quantitative estimate of drug-likeness (QED) is 0.846. The number of rotatable bonds is 4. The lowest BCUT2D eigenvalue weighted by molar-refractivity contribution is -0.143. The van der Waals surface area contributed by atoms with Gasteiger partial charge >= 0.3 is 5.97 Å². The summed E-state index contributed by atoms with van der Waals surface area (Å²) in [4.78, 5) is 19.3. The van der Waals surface area contributed by atoms with Crippen molar-refractivity contribution >= 4 is 5.97 Å². The van der Waals surface area contributed by atoms with Crippen molar-refractivity contribution in [2.45, 2.75) is 26.4 Å². The van der Waals surface area contributed by atoms with Crippen molar-refractivity contribution < 1.29 is 14.3 Å². The summed E-state index contributed by atoms with van der Waals surface area (Å²) in [5.74, 6) is 0.104. The molecule has 0 aromatic carbocycles. The molecular formula is C12H19N3O3. The Morgan fingerprint density at radius 2 is 2.17 bits per heavy atom. The minimum Gasteiger partial charge on any atom is -0.480 e. The van der Waals surface area contributed by atoms with Crippen LogP contribution >= 0.6 is 0 Å². The minimum atomic E-state index is -0.754. The predicted molar refractivity (Wildman–Crippen MR) is 65.2 cm³/mol. The summed E-state index contributed by atoms with van der Waals surface area (Å²) in [6.07, 6.45) is 1.47. The first-order chi connectivity index (χ1) is 8.58. The van der Waals surface area contributed by atoms with Gasteiger partial charge in [0.25, 0.3) is 0 Å². The van der Waals surface area contributed by atoms with Crippen LogP contribution in [0, 0.1) is 6.92 Å². The molecule has 100 valence electrons. The monoisotopic (exact) mass is 253 g/mol. The van der Waals surface area contributed by atoms with Gasteiger partial charge in [0, 0.05) is 32.7 Å². The highest BCUT2D eigenvalue weighted by Gasteiger charge is 2.25. The number of aryl methyl sites for hydroxylation is 1. The lowest BCUT2D eigenvalue weighted by Crippen LogP contribution is -2.51. The van der Waals surface area contributed by atoms with Crippen LogP contribution in [0.5, 0.6) is 0 Å². The smallest absolute Gasteiger partial charge is 0.320 e. The number of carbonyl (C=O) groups is 1. The molecule has 2 rings (SSSR count). The second-order valence-corrected chi connectivity index (χ2v) is 4.68. The molecule has 1 aromatic heterocycles. The fourth-order valence-electron chi connectivity index (χ4n) is 2.16. The Balaban J connectivity index is 1.84. The van der Waals surface area contributed by atoms with Crippen molar-refractivity contribution in [3.05, 3.63) is 17.8 Å². The SMILES string of the molecule is Cc1ocnc1CN1CCN(C(C)C(=O)O)CC1. The van der Waals surface area contributed by atoms with E-state index < -0.39 is 12.0 Å². The van der Waals surface area contributed by atoms with Gasteiger partial charge in [-0.25, -0.2) is 4.98 Å². The van der Waals surface area contributed by atoms with Crippen LogP contribution in [-0.4, -0.2) is 58.1 Å². The summed E-state index contributed by atoms with van der Waals surface area (Å²) in [6, 6.07) is -0.402. The number of hydrogen-bond donors (Lipinski definition) is 1. The van der Waals surface area contributed by atoms with Crippen LogP contribution in [0.4, 0.5) is 0 Å². The topological polar surface area (TPSA) is 69.8 Å². The number of oxazole rings is 1. The molecule has 0 amide bonds. The zero-order chi connectivity index (χ0) is 13.1. The number of carboxylic acid groups (broad SMARTS) is 1. The number of nitrogens with zero attached hydrogens (tertiary/aromatic N) is 3. The molecule has 0 spiro atoms. The Morgan fingerprint density at radius 1 is 1.50 bits per heavy atom. The van der Waals surface area contributed by atoms with Crippen molar-refractivity contribution in [2.75, 3.05) is 26.2 Å². The average Bonchev–Trinajstić information content (AvgIpc) is 2.75. The van der Waals surface area contributed by atoms with Crippen molar-refractivity contribution in [1.29, 1.82) is 0 Å². The summed E-state index contributed by atoms with van der Waals surface area (Å²) in [5, 5.41) is 8.97. The van der Waals surface area contributed by atoms with Gasteiger partial charge in [0.05, 0.1) is 5.69 Å². The number of piperazine rings is 1. The highest BCUT2D eigenvalue weighted by molar-refractivity contribution is 5.72. The number of aliphatic carboxylic acids is 1. The summed E-state index contributed by atoms with van der Waals surface area (Å²) in [5.41, 5.74) is 0.967. The summed E-state index contributed by atoms with van der Waals surface area (Å²) in [6.45, 7) is 7.71. The molecule has 1 aliphatic rings. The van der Waals surface area contributed by atoms with E-state index in [4.69, 9.17) is 9.52 Å². The van der Waals surface area contributed by atoms with Crippen LogP contribution in [0.2, 0.25) is 0 Å². The summed E-state index contributed by atoms with van der Waals surface area (Å²) < 4.78 is 5.17. The van der Waals surface area contributed by atoms with Gasteiger partial charge in [-0.05, 0) is 13.8 Å². The van der Waals surface area contributed by atoms with E-state index in [1.54, 1.807) is 6.92 Å². The first-order valence-electron chi connectivity index (χ1n) is 6.16. The fourth-order valence-corrected chi connectivity index (χ4v) is 2.16. The van der Waals surface area contributed by atoms with Crippen molar-refractivity contribution in [2.24, 2.45) is 0 Å². The van der Waals surface area contributed by atoms with Gasteiger partial charge in [0.1, 0.15) is 11.8 Å². The molecule has 2 heterocycles. The second kappa shape index (κ2) is 5.49. The van der Waals surface area contributed by atoms with Crippen molar-refractivity contribution in [1.82, 2.24) is 14.8 Å². The van der Waals surface area contributed by atoms with E-state index in [1.165, 1.54) is 6.39 Å². The van der Waals surface area contributed by atoms with Crippen molar-refractivity contribution in [3.63, 3.8) is 0 Å². The molecule has 18 heavy (non-hydrogen) atoms. The molecule has 1 fully saturated rings. The molecule has 1 unspecified atom stereocenters. The second-order valence-electron chi connectivity index (χ2n) is 4.68. The van der Waals surface area contributed by atoms with E-state index in [0.29, 0.717) is 0 Å². The van der Waals surface area contributed by atoms with Gasteiger partial charge in [-0.3, -0.25) is 14.6 Å². The summed E-state index contributed by atoms with van der Waals surface area (Å²) in [7, 11) is 0. The molecule has 1 saturated heterocycles. The van der Waals surface area contributed by atoms with E-state index in [-0.39, 0.29) is 0 Å². The standard InChI is InChI=1S/C12H19N3O3/c1-9(12(16)17)15-5-3-14(4-6-15)7-11-10(2)18-8-13-11/h8-9H,3-7H2,1-2H3,(H,16,17). The summed E-state index contributed by atoms with van der Waals surface area (Å²) >= 11 is 0. The Labute approximate surface area is 106 Å². The van der Waals surface area contributed by atoms with Crippen LogP contribution < -0.4 is 0 Å². The normalized spacial score (nSPS) is 19.9. The molecule has 0 bridgehead atoms.